The average Bonchev–Trinajstić information content (AvgIpc) is 3.04. The number of aliphatic carboxylic acids is 1. The van der Waals surface area contributed by atoms with E-state index >= 15 is 0 Å². The van der Waals surface area contributed by atoms with Crippen molar-refractivity contribution in [3.05, 3.63) is 0 Å². The molecule has 98 valence electrons. The minimum atomic E-state index is -0.953. The molecule has 1 unspecified atom stereocenters. The molecule has 17 heavy (non-hydrogen) atoms. The number of hydrogen-bond donors (Lipinski definition) is 2. The number of carbonyl (C=O) groups is 2. The highest BCUT2D eigenvalue weighted by Crippen LogP contribution is 2.28. The third-order valence-corrected chi connectivity index (χ3v) is 2.97. The number of carbonyl (C=O) groups excluding carboxylic acids is 1. The van der Waals surface area contributed by atoms with E-state index in [0.717, 1.165) is 19.3 Å². The fourth-order valence-corrected chi connectivity index (χ4v) is 2.02. The van der Waals surface area contributed by atoms with Crippen molar-refractivity contribution in [2.75, 3.05) is 13.1 Å². The van der Waals surface area contributed by atoms with Gasteiger partial charge in [0.15, 0.2) is 0 Å². The Bertz CT molecular complexity index is 287. The van der Waals surface area contributed by atoms with Crippen LogP contribution in [0.2, 0.25) is 0 Å². The average molecular weight is 242 g/mol. The van der Waals surface area contributed by atoms with Crippen molar-refractivity contribution in [1.29, 1.82) is 0 Å². The standard InChI is InChI=1S/C12H22N2O3/c1-8(2)5-9(6-13)12(17)14(7-11(15)16)10-3-4-10/h8-10H,3-7,13H2,1-2H3,(H,15,16). The second-order valence-electron chi connectivity index (χ2n) is 5.15. The summed E-state index contributed by atoms with van der Waals surface area (Å²) in [7, 11) is 0. The monoisotopic (exact) mass is 242 g/mol. The van der Waals surface area contributed by atoms with Gasteiger partial charge >= 0.3 is 5.97 Å². The molecule has 5 heteroatoms. The van der Waals surface area contributed by atoms with Crippen LogP contribution in [0, 0.1) is 11.8 Å². The van der Waals surface area contributed by atoms with Crippen LogP contribution in [0.25, 0.3) is 0 Å². The lowest BCUT2D eigenvalue weighted by molar-refractivity contribution is -0.147. The predicted molar refractivity (Wildman–Crippen MR) is 64.4 cm³/mol. The smallest absolute Gasteiger partial charge is 0.323 e. The van der Waals surface area contributed by atoms with Crippen LogP contribution in [0.1, 0.15) is 33.1 Å². The molecule has 0 bridgehead atoms. The molecule has 0 spiro atoms. The quantitative estimate of drug-likeness (QED) is 0.687. The molecule has 5 nitrogen and oxygen atoms in total. The summed E-state index contributed by atoms with van der Waals surface area (Å²) in [6.45, 7) is 4.17. The Morgan fingerprint density at radius 1 is 1.41 bits per heavy atom. The molecule has 1 rings (SSSR count). The van der Waals surface area contributed by atoms with Gasteiger partial charge in [0.1, 0.15) is 6.54 Å². The number of nitrogens with two attached hydrogens (primary N) is 1. The van der Waals surface area contributed by atoms with E-state index in [-0.39, 0.29) is 24.4 Å². The van der Waals surface area contributed by atoms with Gasteiger partial charge in [-0.05, 0) is 25.2 Å². The van der Waals surface area contributed by atoms with Gasteiger partial charge in [0.05, 0.1) is 5.92 Å². The minimum Gasteiger partial charge on any atom is -0.480 e. The third-order valence-electron chi connectivity index (χ3n) is 2.97. The summed E-state index contributed by atoms with van der Waals surface area (Å²) in [5.74, 6) is -0.898. The zero-order valence-corrected chi connectivity index (χ0v) is 10.6. The van der Waals surface area contributed by atoms with Gasteiger partial charge in [-0.15, -0.1) is 0 Å². The van der Waals surface area contributed by atoms with Crippen LogP contribution in [-0.2, 0) is 9.59 Å². The lowest BCUT2D eigenvalue weighted by atomic mass is 9.95. The highest BCUT2D eigenvalue weighted by Gasteiger charge is 2.36. The second kappa shape index (κ2) is 6.00. The van der Waals surface area contributed by atoms with E-state index in [2.05, 4.69) is 0 Å². The normalized spacial score (nSPS) is 16.9. The largest absolute Gasteiger partial charge is 0.480 e. The van der Waals surface area contributed by atoms with Crippen LogP contribution >= 0.6 is 0 Å². The molecular formula is C12H22N2O3. The maximum Gasteiger partial charge on any atom is 0.323 e. The Morgan fingerprint density at radius 3 is 2.35 bits per heavy atom. The summed E-state index contributed by atoms with van der Waals surface area (Å²) in [6, 6.07) is 0.125. The molecule has 1 amide bonds. The molecule has 0 aromatic carbocycles. The van der Waals surface area contributed by atoms with Crippen molar-refractivity contribution in [2.24, 2.45) is 17.6 Å². The first kappa shape index (κ1) is 14.0. The fourth-order valence-electron chi connectivity index (χ4n) is 2.02. The van der Waals surface area contributed by atoms with E-state index in [1.807, 2.05) is 13.8 Å². The summed E-state index contributed by atoms with van der Waals surface area (Å²) in [4.78, 5) is 24.5. The van der Waals surface area contributed by atoms with Crippen molar-refractivity contribution < 1.29 is 14.7 Å². The van der Waals surface area contributed by atoms with Crippen molar-refractivity contribution >= 4 is 11.9 Å². The lowest BCUT2D eigenvalue weighted by Crippen LogP contribution is -2.43. The Balaban J connectivity index is 2.64. The molecule has 1 aliphatic carbocycles. The first-order valence-electron chi connectivity index (χ1n) is 6.18. The molecule has 3 N–H and O–H groups in total. The Kier molecular flexibility index (Phi) is 4.93. The fraction of sp³-hybridized carbons (Fsp3) is 0.833. The molecule has 0 aliphatic heterocycles. The van der Waals surface area contributed by atoms with Gasteiger partial charge in [-0.2, -0.15) is 0 Å². The van der Waals surface area contributed by atoms with Gasteiger partial charge in [-0.3, -0.25) is 9.59 Å². The molecule has 0 heterocycles. The zero-order valence-electron chi connectivity index (χ0n) is 10.6. The summed E-state index contributed by atoms with van der Waals surface area (Å²) < 4.78 is 0. The molecule has 1 atom stereocenters. The number of amides is 1. The molecule has 0 saturated heterocycles. The highest BCUT2D eigenvalue weighted by molar-refractivity contribution is 5.83. The van der Waals surface area contributed by atoms with E-state index in [9.17, 15) is 9.59 Å². The Morgan fingerprint density at radius 2 is 2.00 bits per heavy atom. The van der Waals surface area contributed by atoms with Crippen LogP contribution in [0.4, 0.5) is 0 Å². The minimum absolute atomic E-state index is 0.0916. The first-order chi connectivity index (χ1) is 7.95. The van der Waals surface area contributed by atoms with Crippen LogP contribution in [0.3, 0.4) is 0 Å². The molecule has 0 radical (unpaired) electrons. The number of carboxylic acid groups (broad SMARTS) is 1. The van der Waals surface area contributed by atoms with Crippen molar-refractivity contribution in [3.63, 3.8) is 0 Å². The number of rotatable bonds is 7. The predicted octanol–water partition coefficient (Wildman–Crippen LogP) is 0.683. The number of nitrogens with zero attached hydrogens (tertiary/aromatic N) is 1. The van der Waals surface area contributed by atoms with Crippen LogP contribution < -0.4 is 5.73 Å². The SMILES string of the molecule is CC(C)CC(CN)C(=O)N(CC(=O)O)C1CC1. The maximum absolute atomic E-state index is 12.2. The van der Waals surface area contributed by atoms with E-state index in [1.54, 1.807) is 0 Å². The Labute approximate surface area is 102 Å². The van der Waals surface area contributed by atoms with Crippen molar-refractivity contribution in [1.82, 2.24) is 4.90 Å². The van der Waals surface area contributed by atoms with Gasteiger partial charge in [-0.1, -0.05) is 13.8 Å². The lowest BCUT2D eigenvalue weighted by Gasteiger charge is -2.26. The highest BCUT2D eigenvalue weighted by atomic mass is 16.4. The van der Waals surface area contributed by atoms with E-state index in [4.69, 9.17) is 10.8 Å². The van der Waals surface area contributed by atoms with Crippen molar-refractivity contribution in [3.8, 4) is 0 Å². The summed E-state index contributed by atoms with van der Waals surface area (Å²) >= 11 is 0. The molecule has 1 aliphatic rings. The molecule has 1 saturated carbocycles. The number of hydrogen-bond acceptors (Lipinski definition) is 3. The molecule has 0 aromatic rings. The Hall–Kier alpha value is -1.10. The topological polar surface area (TPSA) is 83.6 Å². The number of carboxylic acids is 1. The summed E-state index contributed by atoms with van der Waals surface area (Å²) in [6.07, 6.45) is 2.55. The van der Waals surface area contributed by atoms with E-state index in [1.165, 1.54) is 4.90 Å². The van der Waals surface area contributed by atoms with Crippen molar-refractivity contribution in [2.45, 2.75) is 39.2 Å². The second-order valence-corrected chi connectivity index (χ2v) is 5.15. The maximum atomic E-state index is 12.2. The first-order valence-corrected chi connectivity index (χ1v) is 6.18. The third kappa shape index (κ3) is 4.34. The summed E-state index contributed by atoms with van der Waals surface area (Å²) in [5, 5.41) is 8.82. The van der Waals surface area contributed by atoms with Crippen LogP contribution in [-0.4, -0.2) is 41.0 Å². The molecular weight excluding hydrogens is 220 g/mol. The zero-order chi connectivity index (χ0) is 13.0. The molecule has 0 aromatic heterocycles. The van der Waals surface area contributed by atoms with Gasteiger partial charge < -0.3 is 15.7 Å². The van der Waals surface area contributed by atoms with Gasteiger partial charge in [-0.25, -0.2) is 0 Å². The summed E-state index contributed by atoms with van der Waals surface area (Å²) in [5.41, 5.74) is 5.62. The van der Waals surface area contributed by atoms with Gasteiger partial charge in [0, 0.05) is 12.6 Å². The van der Waals surface area contributed by atoms with E-state index in [0.29, 0.717) is 12.5 Å². The van der Waals surface area contributed by atoms with E-state index < -0.39 is 5.97 Å². The molecule has 1 fully saturated rings. The van der Waals surface area contributed by atoms with Gasteiger partial charge in [0.2, 0.25) is 5.91 Å². The van der Waals surface area contributed by atoms with Gasteiger partial charge in [0.25, 0.3) is 0 Å². The van der Waals surface area contributed by atoms with Crippen LogP contribution in [0.15, 0.2) is 0 Å². The van der Waals surface area contributed by atoms with Crippen LogP contribution in [0.5, 0.6) is 0 Å².